The van der Waals surface area contributed by atoms with Crippen LogP contribution < -0.4 is 5.73 Å². The highest BCUT2D eigenvalue weighted by atomic mass is 19.4. The largest absolute Gasteiger partial charge is 0.416 e. The van der Waals surface area contributed by atoms with Gasteiger partial charge in [-0.15, -0.1) is 0 Å². The number of nitrogens with zero attached hydrogens (tertiary/aromatic N) is 5. The predicted molar refractivity (Wildman–Crippen MR) is 201 cm³/mol. The van der Waals surface area contributed by atoms with Crippen molar-refractivity contribution >= 4 is 11.9 Å². The van der Waals surface area contributed by atoms with Gasteiger partial charge in [0, 0.05) is 44.3 Å². The van der Waals surface area contributed by atoms with Crippen molar-refractivity contribution in [3.05, 3.63) is 70.8 Å². The summed E-state index contributed by atoms with van der Waals surface area (Å²) in [5.41, 5.74) is 5.14. The number of benzene rings is 2. The van der Waals surface area contributed by atoms with E-state index in [1.807, 2.05) is 11.0 Å². The summed E-state index contributed by atoms with van der Waals surface area (Å²) in [7, 11) is 0. The third kappa shape index (κ3) is 10.0. The van der Waals surface area contributed by atoms with Crippen LogP contribution in [-0.4, -0.2) is 95.0 Å². The van der Waals surface area contributed by atoms with E-state index in [4.69, 9.17) is 5.73 Å². The first-order valence-corrected chi connectivity index (χ1v) is 20.0. The van der Waals surface area contributed by atoms with Gasteiger partial charge in [-0.3, -0.25) is 15.3 Å². The smallest absolute Gasteiger partial charge is 0.370 e. The summed E-state index contributed by atoms with van der Waals surface area (Å²) < 4.78 is 82.0. The first-order valence-electron chi connectivity index (χ1n) is 20.0. The molecule has 13 heteroatoms. The minimum Gasteiger partial charge on any atom is -0.370 e. The number of likely N-dealkylation sites (tertiary alicyclic amines) is 1. The van der Waals surface area contributed by atoms with Gasteiger partial charge < -0.3 is 20.4 Å². The molecule has 1 unspecified atom stereocenters. The second-order valence-corrected chi connectivity index (χ2v) is 16.0. The van der Waals surface area contributed by atoms with Gasteiger partial charge in [0.1, 0.15) is 0 Å². The number of hydrogen-bond acceptors (Lipinski definition) is 5. The zero-order valence-electron chi connectivity index (χ0n) is 31.5. The van der Waals surface area contributed by atoms with E-state index < -0.39 is 23.5 Å². The lowest BCUT2D eigenvalue weighted by Gasteiger charge is -2.39. The molecule has 3 aliphatic heterocycles. The highest BCUT2D eigenvalue weighted by Crippen LogP contribution is 2.37. The maximum atomic E-state index is 13.7. The quantitative estimate of drug-likeness (QED) is 0.179. The zero-order chi connectivity index (χ0) is 38.5. The summed E-state index contributed by atoms with van der Waals surface area (Å²) in [6.07, 6.45) is 2.85. The van der Waals surface area contributed by atoms with Crippen LogP contribution in [0.5, 0.6) is 0 Å². The van der Waals surface area contributed by atoms with Crippen molar-refractivity contribution in [1.82, 2.24) is 19.6 Å². The molecular weight excluding hydrogens is 704 g/mol. The Morgan fingerprint density at radius 1 is 0.852 bits per heavy atom. The number of unbranched alkanes of at least 4 members (excludes halogenated alkanes) is 1. The van der Waals surface area contributed by atoms with Gasteiger partial charge in [0.2, 0.25) is 0 Å². The Bertz CT molecular complexity index is 1520. The van der Waals surface area contributed by atoms with Crippen LogP contribution in [0.4, 0.5) is 26.3 Å². The van der Waals surface area contributed by atoms with Crippen LogP contribution >= 0.6 is 0 Å². The van der Waals surface area contributed by atoms with Crippen LogP contribution in [0.15, 0.2) is 53.5 Å². The van der Waals surface area contributed by atoms with Gasteiger partial charge in [-0.2, -0.15) is 26.3 Å². The van der Waals surface area contributed by atoms with Gasteiger partial charge in [-0.05, 0) is 80.3 Å². The van der Waals surface area contributed by atoms with Crippen molar-refractivity contribution in [2.45, 2.75) is 127 Å². The molecule has 0 aromatic heterocycles. The molecule has 7 nitrogen and oxygen atoms in total. The number of guanidine groups is 2. The normalized spacial score (nSPS) is 23.8. The van der Waals surface area contributed by atoms with E-state index in [0.29, 0.717) is 30.9 Å². The highest BCUT2D eigenvalue weighted by Gasteiger charge is 2.42. The summed E-state index contributed by atoms with van der Waals surface area (Å²) in [4.78, 5) is 13.7. The van der Waals surface area contributed by atoms with Crippen molar-refractivity contribution in [3.8, 4) is 0 Å². The lowest BCUT2D eigenvalue weighted by atomic mass is 9.84. The van der Waals surface area contributed by atoms with Crippen LogP contribution in [0.25, 0.3) is 0 Å². The van der Waals surface area contributed by atoms with Crippen molar-refractivity contribution in [2.75, 3.05) is 39.3 Å². The summed E-state index contributed by atoms with van der Waals surface area (Å²) in [5, 5.41) is 9.52. The Hall–Kier alpha value is -3.48. The first-order chi connectivity index (χ1) is 25.8. The van der Waals surface area contributed by atoms with Gasteiger partial charge in [0.15, 0.2) is 11.9 Å². The van der Waals surface area contributed by atoms with Crippen LogP contribution in [0, 0.1) is 11.3 Å². The van der Waals surface area contributed by atoms with E-state index in [1.165, 1.54) is 37.7 Å². The molecule has 2 aromatic carbocycles. The molecule has 0 radical (unpaired) electrons. The molecule has 4 atom stereocenters. The summed E-state index contributed by atoms with van der Waals surface area (Å²) >= 11 is 0. The monoisotopic (exact) mass is 761 g/mol. The van der Waals surface area contributed by atoms with E-state index in [-0.39, 0.29) is 48.8 Å². The highest BCUT2D eigenvalue weighted by molar-refractivity contribution is 5.80. The molecule has 3 heterocycles. The third-order valence-electron chi connectivity index (χ3n) is 12.2. The van der Waals surface area contributed by atoms with Crippen molar-refractivity contribution in [1.29, 1.82) is 5.41 Å². The average Bonchev–Trinajstić information content (AvgIpc) is 3.82. The number of rotatable bonds is 15. The number of nitrogens with one attached hydrogen (secondary N) is 1. The van der Waals surface area contributed by atoms with E-state index in [9.17, 15) is 31.8 Å². The van der Waals surface area contributed by atoms with E-state index in [2.05, 4.69) is 50.9 Å². The Kier molecular flexibility index (Phi) is 13.1. The van der Waals surface area contributed by atoms with Gasteiger partial charge in [0.25, 0.3) is 0 Å². The Morgan fingerprint density at radius 2 is 1.56 bits per heavy atom. The fourth-order valence-corrected chi connectivity index (χ4v) is 9.29. The molecule has 0 bridgehead atoms. The second kappa shape index (κ2) is 17.5. The van der Waals surface area contributed by atoms with Gasteiger partial charge >= 0.3 is 12.4 Å². The molecule has 2 saturated heterocycles. The van der Waals surface area contributed by atoms with Gasteiger partial charge in [-0.1, -0.05) is 82.2 Å². The van der Waals surface area contributed by atoms with Crippen molar-refractivity contribution in [3.63, 3.8) is 0 Å². The predicted octanol–water partition coefficient (Wildman–Crippen LogP) is 8.42. The van der Waals surface area contributed by atoms with Crippen molar-refractivity contribution in [2.24, 2.45) is 16.6 Å². The molecule has 298 valence electrons. The van der Waals surface area contributed by atoms with Crippen LogP contribution in [-0.2, 0) is 25.2 Å². The number of halogens is 6. The van der Waals surface area contributed by atoms with Crippen molar-refractivity contribution < 1.29 is 26.3 Å². The lowest BCUT2D eigenvalue weighted by Crippen LogP contribution is -2.52. The maximum absolute atomic E-state index is 13.7. The van der Waals surface area contributed by atoms with E-state index in [1.54, 1.807) is 0 Å². The zero-order valence-corrected chi connectivity index (χ0v) is 31.5. The topological polar surface area (TPSA) is 75.2 Å². The number of alkyl halides is 6. The minimum absolute atomic E-state index is 0.0176. The van der Waals surface area contributed by atoms with Gasteiger partial charge in [-0.25, -0.2) is 0 Å². The fraction of sp³-hybridized carbons (Fsp3) is 0.659. The summed E-state index contributed by atoms with van der Waals surface area (Å²) in [6.45, 7) is 6.15. The molecule has 2 aromatic rings. The van der Waals surface area contributed by atoms with Crippen LogP contribution in [0.3, 0.4) is 0 Å². The number of hydrogen-bond donors (Lipinski definition) is 2. The molecule has 1 aliphatic carbocycles. The lowest BCUT2D eigenvalue weighted by molar-refractivity contribution is -0.143. The Balaban J connectivity index is 1.20. The fourth-order valence-electron chi connectivity index (χ4n) is 9.29. The van der Waals surface area contributed by atoms with Crippen LogP contribution in [0.2, 0.25) is 0 Å². The SMILES string of the molecule is CCCC[C@@H]1CN([C@@H](CC2CCCCC2)CN2CCCC2CN2C(N)=NC[C@@H]2Cc2ccccc2)C(=N)N1CCc1cc(C(F)(F)F)cc(C(F)(F)F)c1. The van der Waals surface area contributed by atoms with E-state index in [0.717, 1.165) is 76.7 Å². The Labute approximate surface area is 316 Å². The molecule has 54 heavy (non-hydrogen) atoms. The molecule has 0 amide bonds. The van der Waals surface area contributed by atoms with Crippen LogP contribution in [0.1, 0.15) is 99.8 Å². The minimum atomic E-state index is -4.90. The average molecular weight is 762 g/mol. The molecule has 3 fully saturated rings. The standard InChI is InChI=1S/C41H57F6N7/c1-2-3-15-35-28-54(39(49)52(35)19-17-31-20-32(40(42,43)44)24-33(21-31)41(45,46)47)37(23-30-13-8-5-9-14-30)26-51-18-10-16-34(51)27-53-36(25-50-38(53)48)22-29-11-6-4-7-12-29/h4,6-7,11-12,20-21,24,30,34-37,49H,2-3,5,8-10,13-19,22-23,25-28H2,1H3,(H2,48,50)/t34?,35-,36+,37+/m1/s1. The van der Waals surface area contributed by atoms with Gasteiger partial charge in [0.05, 0.1) is 23.7 Å². The number of nitrogens with two attached hydrogens (primary N) is 1. The second-order valence-electron chi connectivity index (χ2n) is 16.0. The molecule has 6 rings (SSSR count). The van der Waals surface area contributed by atoms with E-state index >= 15 is 0 Å². The number of aliphatic imine (C=N–C) groups is 1. The first kappa shape index (κ1) is 40.2. The maximum Gasteiger partial charge on any atom is 0.416 e. The molecule has 0 spiro atoms. The summed E-state index contributed by atoms with van der Waals surface area (Å²) in [5.74, 6) is 1.50. The molecule has 1 saturated carbocycles. The third-order valence-corrected chi connectivity index (χ3v) is 12.2. The molecule has 4 aliphatic rings. The molecule has 3 N–H and O–H groups in total. The molecular formula is C41H57F6N7. The summed E-state index contributed by atoms with van der Waals surface area (Å²) in [6, 6.07) is 12.8. The Morgan fingerprint density at radius 3 is 2.22 bits per heavy atom.